The summed E-state index contributed by atoms with van der Waals surface area (Å²) in [6.45, 7) is 1.56. The molecule has 0 bridgehead atoms. The maximum Gasteiger partial charge on any atom is 0.348 e. The second-order valence-corrected chi connectivity index (χ2v) is 2.49. The van der Waals surface area contributed by atoms with Crippen LogP contribution in [0.1, 0.15) is 13.0 Å². The molecule has 0 fully saturated rings. The van der Waals surface area contributed by atoms with Gasteiger partial charge in [0.1, 0.15) is 6.04 Å². The van der Waals surface area contributed by atoms with Crippen molar-refractivity contribution in [1.29, 1.82) is 0 Å². The van der Waals surface area contributed by atoms with Crippen molar-refractivity contribution in [3.05, 3.63) is 28.9 Å². The van der Waals surface area contributed by atoms with Crippen molar-refractivity contribution < 1.29 is 4.79 Å². The zero-order valence-corrected chi connectivity index (χ0v) is 7.10. The molecule has 1 unspecified atom stereocenters. The van der Waals surface area contributed by atoms with Crippen molar-refractivity contribution in [1.82, 2.24) is 15.0 Å². The van der Waals surface area contributed by atoms with Gasteiger partial charge >= 0.3 is 5.69 Å². The quantitative estimate of drug-likeness (QED) is 0.341. The largest absolute Gasteiger partial charge is 0.348 e. The highest BCUT2D eigenvalue weighted by molar-refractivity contribution is 5.79. The summed E-state index contributed by atoms with van der Waals surface area (Å²) in [6, 6.07) is 0.924. The molecule has 0 saturated carbocycles. The van der Waals surface area contributed by atoms with Crippen molar-refractivity contribution >= 4 is 5.91 Å². The van der Waals surface area contributed by atoms with Gasteiger partial charge in [-0.25, -0.2) is 15.6 Å². The Morgan fingerprint density at radius 2 is 2.46 bits per heavy atom. The number of amides is 1. The van der Waals surface area contributed by atoms with E-state index < -0.39 is 17.6 Å². The Hall–Kier alpha value is -1.69. The SMILES string of the molecule is CC(C(=O)NN)n1cccnc1=O. The Balaban J connectivity index is 3.02. The van der Waals surface area contributed by atoms with E-state index in [4.69, 9.17) is 5.84 Å². The Kier molecular flexibility index (Phi) is 2.76. The van der Waals surface area contributed by atoms with Gasteiger partial charge in [0.05, 0.1) is 0 Å². The van der Waals surface area contributed by atoms with E-state index in [1.807, 2.05) is 5.43 Å². The molecule has 1 aromatic heterocycles. The molecule has 0 aliphatic carbocycles. The Bertz CT molecular complexity index is 360. The standard InChI is InChI=1S/C7H10N4O2/c1-5(6(12)10-8)11-4-2-3-9-7(11)13/h2-5H,8H2,1H3,(H,10,12). The summed E-state index contributed by atoms with van der Waals surface area (Å²) in [5, 5.41) is 0. The van der Waals surface area contributed by atoms with E-state index in [-0.39, 0.29) is 0 Å². The molecule has 3 N–H and O–H groups in total. The van der Waals surface area contributed by atoms with Crippen molar-refractivity contribution in [2.75, 3.05) is 0 Å². The number of rotatable bonds is 2. The molecule has 0 aliphatic heterocycles. The van der Waals surface area contributed by atoms with Crippen LogP contribution in [0.4, 0.5) is 0 Å². The maximum atomic E-state index is 11.1. The third-order valence-corrected chi connectivity index (χ3v) is 1.68. The van der Waals surface area contributed by atoms with Crippen LogP contribution in [-0.4, -0.2) is 15.5 Å². The van der Waals surface area contributed by atoms with Crippen LogP contribution in [0.5, 0.6) is 0 Å². The van der Waals surface area contributed by atoms with Crippen LogP contribution in [0.2, 0.25) is 0 Å². The molecule has 1 heterocycles. The first kappa shape index (κ1) is 9.40. The van der Waals surface area contributed by atoms with E-state index >= 15 is 0 Å². The van der Waals surface area contributed by atoms with Crippen LogP contribution in [0, 0.1) is 0 Å². The van der Waals surface area contributed by atoms with Crippen LogP contribution in [0.3, 0.4) is 0 Å². The molecule has 1 rings (SSSR count). The minimum atomic E-state index is -0.647. The van der Waals surface area contributed by atoms with Gasteiger partial charge in [-0.3, -0.25) is 14.8 Å². The molecule has 1 amide bonds. The van der Waals surface area contributed by atoms with Crippen molar-refractivity contribution in [2.24, 2.45) is 5.84 Å². The highest BCUT2D eigenvalue weighted by Gasteiger charge is 2.13. The maximum absolute atomic E-state index is 11.1. The molecule has 0 aromatic carbocycles. The van der Waals surface area contributed by atoms with Gasteiger partial charge in [0, 0.05) is 12.4 Å². The van der Waals surface area contributed by atoms with Crippen molar-refractivity contribution in [3.63, 3.8) is 0 Å². The summed E-state index contributed by atoms with van der Waals surface area (Å²) in [5.41, 5.74) is 1.49. The minimum absolute atomic E-state index is 0.435. The fourth-order valence-electron chi connectivity index (χ4n) is 0.910. The van der Waals surface area contributed by atoms with Crippen LogP contribution in [-0.2, 0) is 4.79 Å². The Labute approximate surface area is 74.4 Å². The molecule has 6 heteroatoms. The van der Waals surface area contributed by atoms with Crippen LogP contribution < -0.4 is 17.0 Å². The van der Waals surface area contributed by atoms with Gasteiger partial charge in [0.25, 0.3) is 5.91 Å². The number of hydrogen-bond donors (Lipinski definition) is 2. The number of aromatic nitrogens is 2. The smallest absolute Gasteiger partial charge is 0.292 e. The first-order valence-corrected chi connectivity index (χ1v) is 3.70. The van der Waals surface area contributed by atoms with Crippen molar-refractivity contribution in [2.45, 2.75) is 13.0 Å². The summed E-state index contributed by atoms with van der Waals surface area (Å²) >= 11 is 0. The van der Waals surface area contributed by atoms with E-state index in [2.05, 4.69) is 4.98 Å². The van der Waals surface area contributed by atoms with E-state index in [1.54, 1.807) is 13.0 Å². The lowest BCUT2D eigenvalue weighted by molar-refractivity contribution is -0.124. The van der Waals surface area contributed by atoms with Crippen molar-refractivity contribution in [3.8, 4) is 0 Å². The second kappa shape index (κ2) is 3.81. The highest BCUT2D eigenvalue weighted by Crippen LogP contribution is 1.98. The number of nitrogens with zero attached hydrogens (tertiary/aromatic N) is 2. The molecule has 0 aliphatic rings. The molecular formula is C7H10N4O2. The summed E-state index contributed by atoms with van der Waals surface area (Å²) in [6.07, 6.45) is 2.85. The molecule has 0 radical (unpaired) electrons. The normalized spacial score (nSPS) is 12.2. The lowest BCUT2D eigenvalue weighted by atomic mass is 10.3. The fourth-order valence-corrected chi connectivity index (χ4v) is 0.910. The van der Waals surface area contributed by atoms with E-state index in [0.29, 0.717) is 0 Å². The van der Waals surface area contributed by atoms with E-state index in [0.717, 1.165) is 0 Å². The van der Waals surface area contributed by atoms with E-state index in [1.165, 1.54) is 17.0 Å². The molecule has 0 saturated heterocycles. The molecule has 6 nitrogen and oxygen atoms in total. The lowest BCUT2D eigenvalue weighted by Gasteiger charge is -2.11. The Morgan fingerprint density at radius 3 is 3.00 bits per heavy atom. The average Bonchev–Trinajstić information content (AvgIpc) is 2.16. The first-order chi connectivity index (χ1) is 6.16. The molecule has 13 heavy (non-hydrogen) atoms. The van der Waals surface area contributed by atoms with Gasteiger partial charge in [-0.1, -0.05) is 0 Å². The van der Waals surface area contributed by atoms with Gasteiger partial charge in [-0.15, -0.1) is 0 Å². The minimum Gasteiger partial charge on any atom is -0.292 e. The molecule has 70 valence electrons. The van der Waals surface area contributed by atoms with Gasteiger partial charge in [-0.2, -0.15) is 0 Å². The number of nitrogens with two attached hydrogens (primary N) is 1. The fraction of sp³-hybridized carbons (Fsp3) is 0.286. The summed E-state index contributed by atoms with van der Waals surface area (Å²) in [4.78, 5) is 25.7. The zero-order chi connectivity index (χ0) is 9.84. The molecule has 1 atom stereocenters. The summed E-state index contributed by atoms with van der Waals surface area (Å²) in [7, 11) is 0. The molecule has 0 spiro atoms. The molecule has 1 aromatic rings. The third-order valence-electron chi connectivity index (χ3n) is 1.68. The number of nitrogens with one attached hydrogen (secondary N) is 1. The van der Waals surface area contributed by atoms with E-state index in [9.17, 15) is 9.59 Å². The van der Waals surface area contributed by atoms with Crippen LogP contribution >= 0.6 is 0 Å². The van der Waals surface area contributed by atoms with Gasteiger partial charge < -0.3 is 0 Å². The number of hydrogen-bond acceptors (Lipinski definition) is 4. The van der Waals surface area contributed by atoms with Gasteiger partial charge in [0.2, 0.25) is 0 Å². The topological polar surface area (TPSA) is 90.0 Å². The second-order valence-electron chi connectivity index (χ2n) is 2.49. The third kappa shape index (κ3) is 1.91. The lowest BCUT2D eigenvalue weighted by Crippen LogP contribution is -2.39. The van der Waals surface area contributed by atoms with Gasteiger partial charge in [-0.05, 0) is 13.0 Å². The number of carbonyl (C=O) groups is 1. The van der Waals surface area contributed by atoms with Crippen LogP contribution in [0.15, 0.2) is 23.3 Å². The Morgan fingerprint density at radius 1 is 1.77 bits per heavy atom. The summed E-state index contributed by atoms with van der Waals surface area (Å²) in [5.74, 6) is 4.49. The highest BCUT2D eigenvalue weighted by atomic mass is 16.2. The van der Waals surface area contributed by atoms with Crippen LogP contribution in [0.25, 0.3) is 0 Å². The predicted octanol–water partition coefficient (Wildman–Crippen LogP) is -1.21. The zero-order valence-electron chi connectivity index (χ0n) is 7.10. The summed E-state index contributed by atoms with van der Waals surface area (Å²) < 4.78 is 1.20. The predicted molar refractivity (Wildman–Crippen MR) is 45.5 cm³/mol. The number of carbonyl (C=O) groups excluding carboxylic acids is 1. The molecular weight excluding hydrogens is 172 g/mol. The average molecular weight is 182 g/mol. The monoisotopic (exact) mass is 182 g/mol. The first-order valence-electron chi connectivity index (χ1n) is 3.70. The van der Waals surface area contributed by atoms with Gasteiger partial charge in [0.15, 0.2) is 0 Å². The number of hydrazine groups is 1.